The van der Waals surface area contributed by atoms with Gasteiger partial charge in [-0.2, -0.15) is 0 Å². The maximum atomic E-state index is 14.7. The van der Waals surface area contributed by atoms with Crippen LogP contribution in [0.2, 0.25) is 0 Å². The maximum Gasteiger partial charge on any atom is 0.245 e. The second-order valence-corrected chi connectivity index (χ2v) is 18.2. The Morgan fingerprint density at radius 3 is 1.87 bits per heavy atom. The van der Waals surface area contributed by atoms with Gasteiger partial charge in [-0.05, 0) is 53.9 Å². The van der Waals surface area contributed by atoms with Crippen LogP contribution < -0.4 is 43.8 Å². The fraction of sp³-hybridized carbons (Fsp3) is 0.440. The molecule has 0 aliphatic carbocycles. The molecule has 1 saturated heterocycles. The number of hydrogen-bond donors (Lipinski definition) is 9. The van der Waals surface area contributed by atoms with Gasteiger partial charge in [-0.25, -0.2) is 0 Å². The first-order chi connectivity index (χ1) is 32.6. The van der Waals surface area contributed by atoms with Gasteiger partial charge in [0.15, 0.2) is 5.96 Å². The minimum absolute atomic E-state index is 0.0126. The molecule has 1 aliphatic heterocycles. The van der Waals surface area contributed by atoms with Crippen LogP contribution in [0, 0.1) is 5.41 Å². The number of guanidine groups is 1. The molecule has 68 heavy (non-hydrogen) atoms. The smallest absolute Gasteiger partial charge is 0.245 e. The second kappa shape index (κ2) is 25.6. The number of hydrogen-bond acceptors (Lipinski definition) is 8. The molecule has 0 radical (unpaired) electrons. The monoisotopic (exact) mass is 934 g/mol. The molecule has 0 spiro atoms. The third-order valence-corrected chi connectivity index (χ3v) is 11.8. The number of carbonyl (C=O) groups excluding carboxylic acids is 7. The Labute approximate surface area is 397 Å². The minimum Gasteiger partial charge on any atom is -0.370 e. The quantitative estimate of drug-likeness (QED) is 0.0570. The number of rotatable bonds is 12. The molecule has 18 heteroatoms. The summed E-state index contributed by atoms with van der Waals surface area (Å²) in [7, 11) is 0. The highest BCUT2D eigenvalue weighted by Crippen LogP contribution is 2.25. The van der Waals surface area contributed by atoms with Crippen molar-refractivity contribution in [2.75, 3.05) is 26.2 Å². The lowest BCUT2D eigenvalue weighted by Gasteiger charge is -2.29. The zero-order valence-corrected chi connectivity index (χ0v) is 39.1. The molecular weight excluding hydrogens is 867 g/mol. The van der Waals surface area contributed by atoms with E-state index in [0.29, 0.717) is 37.8 Å². The van der Waals surface area contributed by atoms with Gasteiger partial charge in [0.1, 0.15) is 24.2 Å². The Hall–Kier alpha value is -7.24. The summed E-state index contributed by atoms with van der Waals surface area (Å²) < 4.78 is 0. The molecule has 18 nitrogen and oxygen atoms in total. The van der Waals surface area contributed by atoms with Crippen LogP contribution in [0.25, 0.3) is 10.9 Å². The van der Waals surface area contributed by atoms with E-state index in [2.05, 4.69) is 36.6 Å². The Morgan fingerprint density at radius 2 is 1.22 bits per heavy atom. The van der Waals surface area contributed by atoms with Crippen molar-refractivity contribution in [2.45, 2.75) is 109 Å². The average Bonchev–Trinajstić information content (AvgIpc) is 3.70. The van der Waals surface area contributed by atoms with E-state index in [1.165, 1.54) is 4.90 Å². The number of aromatic nitrogens is 1. The Balaban J connectivity index is 1.53. The summed E-state index contributed by atoms with van der Waals surface area (Å²) in [5, 5.41) is 15.3. The molecule has 4 aromatic rings. The zero-order valence-electron chi connectivity index (χ0n) is 39.1. The number of fused-ring (bicyclic) bond motifs is 1. The van der Waals surface area contributed by atoms with Gasteiger partial charge >= 0.3 is 0 Å². The molecule has 0 saturated carbocycles. The van der Waals surface area contributed by atoms with Gasteiger partial charge in [-0.15, -0.1) is 0 Å². The molecule has 364 valence electrons. The first-order valence-electron chi connectivity index (χ1n) is 23.3. The van der Waals surface area contributed by atoms with Crippen molar-refractivity contribution in [3.63, 3.8) is 0 Å². The SMILES string of the molecule is CC1(C)CC(=O)NCCCCCCN(CC(N)=O)C(=O)[C@H](Cc2c[nH]c3ccccc23)NC(=O)[C@H](CCCN=C(N)N)NC(=O)[C@@H](Cc2ccccc2)NC(=O)[C@H](Cc2ccccc2)NC(=O)C1. The summed E-state index contributed by atoms with van der Waals surface area (Å²) in [5.74, 6) is -4.16. The number of H-pyrrole nitrogens is 1. The molecule has 2 heterocycles. The van der Waals surface area contributed by atoms with E-state index in [9.17, 15) is 33.6 Å². The normalized spacial score (nSPS) is 20.9. The van der Waals surface area contributed by atoms with E-state index in [4.69, 9.17) is 17.2 Å². The van der Waals surface area contributed by atoms with Crippen molar-refractivity contribution in [1.29, 1.82) is 0 Å². The summed E-state index contributed by atoms with van der Waals surface area (Å²) in [4.78, 5) is 106. The lowest BCUT2D eigenvalue weighted by atomic mass is 9.84. The van der Waals surface area contributed by atoms with Crippen molar-refractivity contribution >= 4 is 58.2 Å². The Bertz CT molecular complexity index is 2370. The predicted octanol–water partition coefficient (Wildman–Crippen LogP) is 2.00. The molecule has 1 aromatic heterocycles. The number of nitrogens with zero attached hydrogens (tertiary/aromatic N) is 2. The van der Waals surface area contributed by atoms with Crippen LogP contribution in [-0.2, 0) is 52.8 Å². The van der Waals surface area contributed by atoms with Crippen molar-refractivity contribution in [2.24, 2.45) is 27.6 Å². The van der Waals surface area contributed by atoms with Gasteiger partial charge in [0.2, 0.25) is 41.4 Å². The summed E-state index contributed by atoms with van der Waals surface area (Å²) in [6.45, 7) is 3.90. The molecule has 0 unspecified atom stereocenters. The summed E-state index contributed by atoms with van der Waals surface area (Å²) in [6.07, 6.45) is 4.66. The molecule has 0 bridgehead atoms. The van der Waals surface area contributed by atoms with Crippen LogP contribution in [0.4, 0.5) is 0 Å². The highest BCUT2D eigenvalue weighted by molar-refractivity contribution is 5.97. The minimum atomic E-state index is -1.26. The number of nitrogens with two attached hydrogens (primary N) is 3. The Kier molecular flexibility index (Phi) is 19.5. The number of benzene rings is 3. The highest BCUT2D eigenvalue weighted by atomic mass is 16.2. The lowest BCUT2D eigenvalue weighted by Crippen LogP contribution is -2.59. The molecule has 1 aliphatic rings. The molecule has 12 N–H and O–H groups in total. The number of primary amides is 1. The third kappa shape index (κ3) is 16.9. The van der Waals surface area contributed by atoms with E-state index < -0.39 is 71.6 Å². The predicted molar refractivity (Wildman–Crippen MR) is 260 cm³/mol. The molecular formula is C50H67N11O7. The van der Waals surface area contributed by atoms with Gasteiger partial charge in [-0.3, -0.25) is 38.6 Å². The first-order valence-corrected chi connectivity index (χ1v) is 23.3. The summed E-state index contributed by atoms with van der Waals surface area (Å²) >= 11 is 0. The number of para-hydroxylation sites is 1. The van der Waals surface area contributed by atoms with E-state index in [-0.39, 0.29) is 69.9 Å². The van der Waals surface area contributed by atoms with Gasteiger partial charge in [0.05, 0.1) is 6.54 Å². The van der Waals surface area contributed by atoms with Crippen molar-refractivity contribution in [3.8, 4) is 0 Å². The van der Waals surface area contributed by atoms with Gasteiger partial charge in [-0.1, -0.05) is 106 Å². The molecule has 3 aromatic carbocycles. The molecule has 5 rings (SSSR count). The first kappa shape index (κ1) is 51.7. The van der Waals surface area contributed by atoms with E-state index in [1.54, 1.807) is 44.3 Å². The van der Waals surface area contributed by atoms with Crippen LogP contribution in [0.15, 0.2) is 96.1 Å². The molecule has 7 amide bonds. The van der Waals surface area contributed by atoms with E-state index >= 15 is 0 Å². The highest BCUT2D eigenvalue weighted by Gasteiger charge is 2.34. The van der Waals surface area contributed by atoms with Crippen molar-refractivity contribution in [1.82, 2.24) is 36.5 Å². The Morgan fingerprint density at radius 1 is 0.662 bits per heavy atom. The van der Waals surface area contributed by atoms with Gasteiger partial charge < -0.3 is 53.7 Å². The van der Waals surface area contributed by atoms with Crippen LogP contribution in [-0.4, -0.2) is 108 Å². The number of carbonyl (C=O) groups is 7. The van der Waals surface area contributed by atoms with Crippen LogP contribution in [0.5, 0.6) is 0 Å². The number of aliphatic imine (C=N–C) groups is 1. The number of aromatic amines is 1. The second-order valence-electron chi connectivity index (χ2n) is 18.2. The van der Waals surface area contributed by atoms with Crippen molar-refractivity contribution in [3.05, 3.63) is 108 Å². The number of nitrogens with one attached hydrogen (secondary N) is 6. The molecule has 4 atom stereocenters. The largest absolute Gasteiger partial charge is 0.370 e. The van der Waals surface area contributed by atoms with Crippen LogP contribution in [0.3, 0.4) is 0 Å². The third-order valence-electron chi connectivity index (χ3n) is 11.8. The van der Waals surface area contributed by atoms with E-state index in [0.717, 1.165) is 22.0 Å². The van der Waals surface area contributed by atoms with Gasteiger partial charge in [0, 0.05) is 68.8 Å². The summed E-state index contributed by atoms with van der Waals surface area (Å²) in [6, 6.07) is 20.8. The standard InChI is InChI=1S/C50H67N11O7/c1-50(2)29-43(63)54-23-13-3-4-14-25-61(32-42(51)62)48(68)41(28-35-31-56-37-21-12-11-20-36(35)37)60-45(65)38(22-15-24-55-49(52)53)58-47(67)40(27-34-18-9-6-10-19-34)59-46(66)39(57-44(64)30-50)26-33-16-7-5-8-17-33/h5-12,16-21,31,38-41,56H,3-4,13-15,22-30,32H2,1-2H3,(H2,51,62)(H,54,63)(H,57,64)(H,58,67)(H,59,66)(H,60,65)(H4,52,53,55)/t38-,39-,40+,41-/m0/s1. The zero-order chi connectivity index (χ0) is 49.1. The molecule has 1 fully saturated rings. The lowest BCUT2D eigenvalue weighted by molar-refractivity contribution is -0.139. The number of amides is 7. The van der Waals surface area contributed by atoms with Crippen molar-refractivity contribution < 1.29 is 33.6 Å². The van der Waals surface area contributed by atoms with Crippen LogP contribution in [0.1, 0.15) is 81.9 Å². The van der Waals surface area contributed by atoms with Gasteiger partial charge in [0.25, 0.3) is 0 Å². The topological polar surface area (TPSA) is 289 Å². The fourth-order valence-electron chi connectivity index (χ4n) is 8.35. The summed E-state index contributed by atoms with van der Waals surface area (Å²) in [5.41, 5.74) is 19.1. The average molecular weight is 934 g/mol. The van der Waals surface area contributed by atoms with Crippen LogP contribution >= 0.6 is 0 Å². The fourth-order valence-corrected chi connectivity index (χ4v) is 8.35. The van der Waals surface area contributed by atoms with E-state index in [1.807, 2.05) is 60.7 Å². The maximum absolute atomic E-state index is 14.7.